The van der Waals surface area contributed by atoms with Crippen LogP contribution in [0.5, 0.6) is 0 Å². The molecule has 51 heavy (non-hydrogen) atoms. The minimum atomic E-state index is -0.203. The Morgan fingerprint density at radius 1 is 1.02 bits per heavy atom. The van der Waals surface area contributed by atoms with E-state index in [-0.39, 0.29) is 24.1 Å². The molecule has 1 fully saturated rings. The van der Waals surface area contributed by atoms with Crippen LogP contribution in [-0.4, -0.2) is 71.2 Å². The van der Waals surface area contributed by atoms with E-state index in [2.05, 4.69) is 94.7 Å². The molecule has 4 heterocycles. The number of benzene rings is 1. The van der Waals surface area contributed by atoms with Crippen molar-refractivity contribution in [2.24, 2.45) is 5.41 Å². The largest absolute Gasteiger partial charge is 0.354 e. The Morgan fingerprint density at radius 2 is 1.76 bits per heavy atom. The van der Waals surface area contributed by atoms with Crippen LogP contribution >= 0.6 is 0 Å². The summed E-state index contributed by atoms with van der Waals surface area (Å²) in [5.74, 6) is 0.777. The highest BCUT2D eigenvalue weighted by Crippen LogP contribution is 2.35. The maximum Gasteiger partial charge on any atom is 0.253 e. The van der Waals surface area contributed by atoms with Gasteiger partial charge in [0.2, 0.25) is 0 Å². The average molecular weight is 694 g/mol. The van der Waals surface area contributed by atoms with Gasteiger partial charge in [0.25, 0.3) is 11.5 Å². The number of hydrogen-bond donors (Lipinski definition) is 3. The van der Waals surface area contributed by atoms with E-state index < -0.39 is 0 Å². The molecule has 1 amide bonds. The number of fused-ring (bicyclic) bond motifs is 1. The van der Waals surface area contributed by atoms with Crippen LogP contribution in [0.25, 0.3) is 22.0 Å². The second kappa shape index (κ2) is 16.9. The zero-order chi connectivity index (χ0) is 36.7. The molecule has 0 atom stereocenters. The minimum Gasteiger partial charge on any atom is -0.354 e. The van der Waals surface area contributed by atoms with Gasteiger partial charge in [-0.3, -0.25) is 14.5 Å². The summed E-state index contributed by atoms with van der Waals surface area (Å²) in [4.78, 5) is 39.2. The average Bonchev–Trinajstić information content (AvgIpc) is 3.46. The molecule has 1 aliphatic heterocycles. The highest BCUT2D eigenvalue weighted by Gasteiger charge is 2.24. The summed E-state index contributed by atoms with van der Waals surface area (Å²) in [7, 11) is 0. The van der Waals surface area contributed by atoms with Gasteiger partial charge < -0.3 is 25.1 Å². The third-order valence-corrected chi connectivity index (χ3v) is 11.1. The summed E-state index contributed by atoms with van der Waals surface area (Å²) in [5.41, 5.74) is 7.00. The van der Waals surface area contributed by atoms with Crippen molar-refractivity contribution >= 4 is 22.6 Å². The number of carbonyl (C=O) groups is 1. The molecule has 0 radical (unpaired) electrons. The topological polar surface area (TPSA) is 98.3 Å². The van der Waals surface area contributed by atoms with E-state index >= 15 is 0 Å². The van der Waals surface area contributed by atoms with Crippen molar-refractivity contribution in [1.29, 1.82) is 0 Å². The lowest BCUT2D eigenvalue weighted by Crippen LogP contribution is -2.48. The molecule has 0 aliphatic carbocycles. The highest BCUT2D eigenvalue weighted by molar-refractivity contribution is 6.09. The zero-order valence-corrected chi connectivity index (χ0v) is 32.0. The first-order valence-electron chi connectivity index (χ1n) is 18.9. The molecule has 0 bridgehead atoms. The molecule has 3 N–H and O–H groups in total. The smallest absolute Gasteiger partial charge is 0.253 e. The Labute approximate surface area is 304 Å². The van der Waals surface area contributed by atoms with Crippen molar-refractivity contribution < 1.29 is 4.79 Å². The number of allylic oxidation sites excluding steroid dienone is 1. The van der Waals surface area contributed by atoms with Crippen molar-refractivity contribution in [3.63, 3.8) is 0 Å². The third kappa shape index (κ3) is 8.82. The second-order valence-electron chi connectivity index (χ2n) is 14.8. The summed E-state index contributed by atoms with van der Waals surface area (Å²) >= 11 is 0. The van der Waals surface area contributed by atoms with Crippen molar-refractivity contribution in [2.45, 2.75) is 86.7 Å². The number of amides is 1. The SMILES string of the molecule is C=CCC(CC)(CC)CCNCCN1CCN(c2ccc(-c3cc(C(=O)NCc4c(C)cc(C)[nH]c4=O)c4c(C)cn(C(C)C)c4c3)cn2)CC1. The molecule has 9 nitrogen and oxygen atoms in total. The molecule has 9 heteroatoms. The summed E-state index contributed by atoms with van der Waals surface area (Å²) in [6.45, 7) is 25.9. The lowest BCUT2D eigenvalue weighted by atomic mass is 9.76. The van der Waals surface area contributed by atoms with Crippen molar-refractivity contribution in [3.05, 3.63) is 93.7 Å². The van der Waals surface area contributed by atoms with Gasteiger partial charge in [-0.25, -0.2) is 4.98 Å². The van der Waals surface area contributed by atoms with Gasteiger partial charge in [-0.15, -0.1) is 6.58 Å². The fraction of sp³-hybridized carbons (Fsp3) is 0.500. The van der Waals surface area contributed by atoms with E-state index in [9.17, 15) is 9.59 Å². The van der Waals surface area contributed by atoms with Crippen LogP contribution in [0.1, 0.15) is 92.2 Å². The number of aryl methyl sites for hydroxylation is 3. The van der Waals surface area contributed by atoms with Crippen LogP contribution in [0, 0.1) is 26.2 Å². The third-order valence-electron chi connectivity index (χ3n) is 11.1. The van der Waals surface area contributed by atoms with Gasteiger partial charge in [-0.2, -0.15) is 0 Å². The van der Waals surface area contributed by atoms with Gasteiger partial charge in [0.05, 0.1) is 0 Å². The maximum atomic E-state index is 13.8. The molecule has 1 aliphatic rings. The molecular weight excluding hydrogens is 635 g/mol. The van der Waals surface area contributed by atoms with Gasteiger partial charge in [0.1, 0.15) is 5.82 Å². The number of pyridine rings is 2. The predicted molar refractivity (Wildman–Crippen MR) is 212 cm³/mol. The normalized spacial score (nSPS) is 14.1. The fourth-order valence-corrected chi connectivity index (χ4v) is 7.69. The molecule has 0 unspecified atom stereocenters. The summed E-state index contributed by atoms with van der Waals surface area (Å²) in [6, 6.07) is 10.5. The number of nitrogens with zero attached hydrogens (tertiary/aromatic N) is 4. The number of anilines is 1. The quantitative estimate of drug-likeness (QED) is 0.0841. The summed E-state index contributed by atoms with van der Waals surface area (Å²) in [5, 5.41) is 7.66. The number of piperazine rings is 1. The predicted octanol–water partition coefficient (Wildman–Crippen LogP) is 7.31. The van der Waals surface area contributed by atoms with Crippen molar-refractivity contribution in [3.8, 4) is 11.1 Å². The van der Waals surface area contributed by atoms with Gasteiger partial charge in [0, 0.05) is 97.5 Å². The number of aromatic amines is 1. The molecule has 1 aromatic carbocycles. The number of hydrogen-bond acceptors (Lipinski definition) is 6. The van der Waals surface area contributed by atoms with E-state index in [1.54, 1.807) is 0 Å². The molecule has 1 saturated heterocycles. The fourth-order valence-electron chi connectivity index (χ4n) is 7.69. The number of rotatable bonds is 16. The summed E-state index contributed by atoms with van der Waals surface area (Å²) < 4.78 is 2.23. The standard InChI is InChI=1S/C42H59N7O2/c1-9-14-42(10-2,11-3)15-16-43-17-18-47-19-21-48(22-20-47)38-13-12-33(26-44-38)34-24-35(39-31(7)28-49(29(4)5)37(39)25-34)40(50)45-27-36-30(6)23-32(8)46-41(36)51/h9,12-13,23-26,28-29,43H,1,10-11,14-22,27H2,2-8H3,(H,45,50)(H,46,51). The molecule has 274 valence electrons. The molecule has 3 aromatic heterocycles. The van der Waals surface area contributed by atoms with Crippen LogP contribution in [0.4, 0.5) is 5.82 Å². The van der Waals surface area contributed by atoms with E-state index in [0.29, 0.717) is 16.5 Å². The molecular formula is C42H59N7O2. The van der Waals surface area contributed by atoms with Crippen molar-refractivity contribution in [1.82, 2.24) is 30.1 Å². The van der Waals surface area contributed by atoms with Crippen LogP contribution in [-0.2, 0) is 6.54 Å². The lowest BCUT2D eigenvalue weighted by molar-refractivity contribution is 0.0952. The number of H-pyrrole nitrogens is 1. The highest BCUT2D eigenvalue weighted by atomic mass is 16.1. The Hall–Kier alpha value is -4.21. The van der Waals surface area contributed by atoms with Crippen LogP contribution in [0.3, 0.4) is 0 Å². The second-order valence-corrected chi connectivity index (χ2v) is 14.8. The molecule has 0 saturated carbocycles. The molecule has 5 rings (SSSR count). The van der Waals surface area contributed by atoms with Gasteiger partial charge in [-0.05, 0) is 106 Å². The first kappa shape index (κ1) is 38.0. The Kier molecular flexibility index (Phi) is 12.6. The Morgan fingerprint density at radius 3 is 2.39 bits per heavy atom. The van der Waals surface area contributed by atoms with Gasteiger partial charge >= 0.3 is 0 Å². The van der Waals surface area contributed by atoms with E-state index in [0.717, 1.165) is 96.9 Å². The monoisotopic (exact) mass is 693 g/mol. The van der Waals surface area contributed by atoms with E-state index in [1.807, 2.05) is 39.1 Å². The number of carbonyl (C=O) groups excluding carboxylic acids is 1. The van der Waals surface area contributed by atoms with Gasteiger partial charge in [0.15, 0.2) is 0 Å². The van der Waals surface area contributed by atoms with Crippen molar-refractivity contribution in [2.75, 3.05) is 50.7 Å². The van der Waals surface area contributed by atoms with Crippen LogP contribution < -0.4 is 21.1 Å². The first-order chi connectivity index (χ1) is 24.5. The summed E-state index contributed by atoms with van der Waals surface area (Å²) in [6.07, 6.45) is 10.8. The molecule has 4 aromatic rings. The van der Waals surface area contributed by atoms with Crippen LogP contribution in [0.15, 0.2) is 60.2 Å². The number of aromatic nitrogens is 3. The zero-order valence-electron chi connectivity index (χ0n) is 32.0. The van der Waals surface area contributed by atoms with Gasteiger partial charge in [-0.1, -0.05) is 32.8 Å². The minimum absolute atomic E-state index is 0.157. The Bertz CT molecular complexity index is 1860. The molecule has 0 spiro atoms. The number of nitrogens with one attached hydrogen (secondary N) is 3. The van der Waals surface area contributed by atoms with E-state index in [1.165, 1.54) is 19.3 Å². The first-order valence-corrected chi connectivity index (χ1v) is 18.9. The maximum absolute atomic E-state index is 13.8. The lowest BCUT2D eigenvalue weighted by Gasteiger charge is -2.35. The van der Waals surface area contributed by atoms with Crippen LogP contribution in [0.2, 0.25) is 0 Å². The van der Waals surface area contributed by atoms with E-state index in [4.69, 9.17) is 4.98 Å². The Balaban J connectivity index is 1.25.